The summed E-state index contributed by atoms with van der Waals surface area (Å²) in [7, 11) is -4.15. The number of carbonyl (C=O) groups is 1. The van der Waals surface area contributed by atoms with Crippen LogP contribution in [0.5, 0.6) is 5.88 Å². The summed E-state index contributed by atoms with van der Waals surface area (Å²) in [6, 6.07) is 11.7. The molecule has 32 heavy (non-hydrogen) atoms. The Labute approximate surface area is 190 Å². The molecule has 1 aromatic heterocycles. The molecule has 2 heterocycles. The smallest absolute Gasteiger partial charge is 0.281 e. The van der Waals surface area contributed by atoms with Gasteiger partial charge in [0.05, 0.1) is 12.2 Å². The first-order chi connectivity index (χ1) is 15.2. The second kappa shape index (κ2) is 8.73. The van der Waals surface area contributed by atoms with Crippen LogP contribution < -0.4 is 14.4 Å². The number of rotatable bonds is 7. The van der Waals surface area contributed by atoms with Crippen LogP contribution in [0.3, 0.4) is 0 Å². The Kier molecular flexibility index (Phi) is 6.16. The molecule has 1 N–H and O–H groups in total. The van der Waals surface area contributed by atoms with Gasteiger partial charge in [-0.3, -0.25) is 4.79 Å². The van der Waals surface area contributed by atoms with E-state index >= 15 is 0 Å². The van der Waals surface area contributed by atoms with Gasteiger partial charge in [0.25, 0.3) is 15.9 Å². The molecule has 1 unspecified atom stereocenters. The summed E-state index contributed by atoms with van der Waals surface area (Å²) in [6.45, 7) is 7.80. The van der Waals surface area contributed by atoms with E-state index in [1.54, 1.807) is 24.3 Å². The molecule has 1 aliphatic heterocycles. The number of nitrogens with one attached hydrogen (secondary N) is 1. The van der Waals surface area contributed by atoms with Crippen LogP contribution in [-0.4, -0.2) is 38.0 Å². The molecule has 0 bridgehead atoms. The van der Waals surface area contributed by atoms with E-state index in [1.807, 2.05) is 12.1 Å². The minimum absolute atomic E-state index is 0.123. The lowest BCUT2D eigenvalue weighted by Crippen LogP contribution is -2.40. The Morgan fingerprint density at radius 2 is 1.94 bits per heavy atom. The molecule has 1 amide bonds. The van der Waals surface area contributed by atoms with Crippen molar-refractivity contribution in [2.75, 3.05) is 18.1 Å². The van der Waals surface area contributed by atoms with Crippen LogP contribution in [0.4, 0.5) is 5.69 Å². The number of ether oxygens (including phenoxy) is 1. The first-order valence-electron chi connectivity index (χ1n) is 11.2. The van der Waals surface area contributed by atoms with Crippen molar-refractivity contribution >= 4 is 21.6 Å². The van der Waals surface area contributed by atoms with Gasteiger partial charge in [-0.1, -0.05) is 31.5 Å². The number of para-hydroxylation sites is 1. The lowest BCUT2D eigenvalue weighted by molar-refractivity contribution is 0.0981. The molecular weight excluding hydrogens is 426 g/mol. The van der Waals surface area contributed by atoms with Gasteiger partial charge in [-0.05, 0) is 63.1 Å². The molecule has 1 aromatic carbocycles. The minimum Gasteiger partial charge on any atom is -0.477 e. The second-order valence-electron chi connectivity index (χ2n) is 9.61. The lowest BCUT2D eigenvalue weighted by atomic mass is 9.86. The van der Waals surface area contributed by atoms with Crippen molar-refractivity contribution in [1.82, 2.24) is 9.71 Å². The van der Waals surface area contributed by atoms with Crippen LogP contribution in [0.15, 0.2) is 47.5 Å². The number of anilines is 1. The zero-order valence-electron chi connectivity index (χ0n) is 18.9. The number of nitrogens with zero attached hydrogens (tertiary/aromatic N) is 2. The molecule has 2 aliphatic rings. The summed E-state index contributed by atoms with van der Waals surface area (Å²) in [5.41, 5.74) is 0.943. The van der Waals surface area contributed by atoms with E-state index < -0.39 is 15.9 Å². The van der Waals surface area contributed by atoms with Gasteiger partial charge < -0.3 is 9.64 Å². The highest BCUT2D eigenvalue weighted by atomic mass is 32.2. The number of benzene rings is 1. The van der Waals surface area contributed by atoms with Crippen molar-refractivity contribution in [1.29, 1.82) is 0 Å². The Morgan fingerprint density at radius 3 is 2.59 bits per heavy atom. The number of hydrogen-bond acceptors (Lipinski definition) is 6. The largest absolute Gasteiger partial charge is 0.477 e. The first kappa shape index (κ1) is 22.6. The van der Waals surface area contributed by atoms with E-state index in [2.05, 4.69) is 35.4 Å². The number of hydrogen-bond donors (Lipinski definition) is 1. The maximum atomic E-state index is 13.1. The van der Waals surface area contributed by atoms with Gasteiger partial charge in [0.1, 0.15) is 0 Å². The SMILES string of the molecule is CC1CN(c2ccccc2C(=O)NS(=O)(=O)c2cccc(OCC3CCC3)n2)C(C)(C)C1. The molecule has 1 saturated carbocycles. The Hall–Kier alpha value is -2.61. The highest BCUT2D eigenvalue weighted by Gasteiger charge is 2.38. The summed E-state index contributed by atoms with van der Waals surface area (Å²) in [4.78, 5) is 19.4. The van der Waals surface area contributed by atoms with E-state index in [0.717, 1.165) is 31.5 Å². The fraction of sp³-hybridized carbons (Fsp3) is 0.500. The number of pyridine rings is 1. The number of carbonyl (C=O) groups excluding carboxylic acids is 1. The van der Waals surface area contributed by atoms with Gasteiger partial charge in [-0.15, -0.1) is 0 Å². The molecule has 1 aliphatic carbocycles. The normalized spacial score (nSPS) is 20.6. The van der Waals surface area contributed by atoms with E-state index in [-0.39, 0.29) is 16.4 Å². The third kappa shape index (κ3) is 4.75. The fourth-order valence-corrected chi connectivity index (χ4v) is 5.56. The third-order valence-corrected chi connectivity index (χ3v) is 7.64. The summed E-state index contributed by atoms with van der Waals surface area (Å²) in [6.07, 6.45) is 4.45. The van der Waals surface area contributed by atoms with Crippen LogP contribution >= 0.6 is 0 Å². The van der Waals surface area contributed by atoms with Crippen molar-refractivity contribution < 1.29 is 17.9 Å². The average Bonchev–Trinajstić information content (AvgIpc) is 2.98. The van der Waals surface area contributed by atoms with Gasteiger partial charge in [0, 0.05) is 23.8 Å². The standard InChI is InChI=1S/C24H31N3O4S/c1-17-14-24(2,3)27(15-17)20-11-5-4-10-19(20)23(28)26-32(29,30)22-13-7-12-21(25-22)31-16-18-8-6-9-18/h4-5,7,10-13,17-18H,6,8-9,14-16H2,1-3H3,(H,26,28). The van der Waals surface area contributed by atoms with Crippen LogP contribution in [0.2, 0.25) is 0 Å². The molecule has 2 aromatic rings. The molecule has 7 nitrogen and oxygen atoms in total. The van der Waals surface area contributed by atoms with E-state index in [4.69, 9.17) is 4.74 Å². The zero-order chi connectivity index (χ0) is 22.9. The van der Waals surface area contributed by atoms with Crippen molar-refractivity contribution in [2.24, 2.45) is 11.8 Å². The minimum atomic E-state index is -4.15. The van der Waals surface area contributed by atoms with Crippen LogP contribution in [0, 0.1) is 11.8 Å². The van der Waals surface area contributed by atoms with Crippen molar-refractivity contribution in [3.05, 3.63) is 48.0 Å². The van der Waals surface area contributed by atoms with Crippen molar-refractivity contribution in [2.45, 2.75) is 57.0 Å². The van der Waals surface area contributed by atoms with E-state index in [0.29, 0.717) is 24.0 Å². The molecule has 2 fully saturated rings. The zero-order valence-corrected chi connectivity index (χ0v) is 19.7. The highest BCUT2D eigenvalue weighted by Crippen LogP contribution is 2.38. The molecule has 8 heteroatoms. The average molecular weight is 458 g/mol. The number of amides is 1. The van der Waals surface area contributed by atoms with Crippen LogP contribution in [-0.2, 0) is 10.0 Å². The van der Waals surface area contributed by atoms with Crippen molar-refractivity contribution in [3.63, 3.8) is 0 Å². The summed E-state index contributed by atoms with van der Waals surface area (Å²) < 4.78 is 33.7. The van der Waals surface area contributed by atoms with Gasteiger partial charge >= 0.3 is 0 Å². The Bertz CT molecular complexity index is 1100. The summed E-state index contributed by atoms with van der Waals surface area (Å²) >= 11 is 0. The molecular formula is C24H31N3O4S. The second-order valence-corrected chi connectivity index (χ2v) is 11.2. The molecule has 172 valence electrons. The predicted octanol–water partition coefficient (Wildman–Crippen LogP) is 4.00. The van der Waals surface area contributed by atoms with Gasteiger partial charge in [-0.2, -0.15) is 13.4 Å². The Balaban J connectivity index is 1.53. The van der Waals surface area contributed by atoms with Gasteiger partial charge in [0.15, 0.2) is 5.03 Å². The first-order valence-corrected chi connectivity index (χ1v) is 12.7. The van der Waals surface area contributed by atoms with Crippen LogP contribution in [0.25, 0.3) is 0 Å². The fourth-order valence-electron chi connectivity index (χ4n) is 4.63. The topological polar surface area (TPSA) is 88.6 Å². The maximum Gasteiger partial charge on any atom is 0.281 e. The highest BCUT2D eigenvalue weighted by molar-refractivity contribution is 7.90. The molecule has 1 atom stereocenters. The van der Waals surface area contributed by atoms with Crippen molar-refractivity contribution in [3.8, 4) is 5.88 Å². The van der Waals surface area contributed by atoms with E-state index in [1.165, 1.54) is 12.5 Å². The monoisotopic (exact) mass is 457 g/mol. The molecule has 1 saturated heterocycles. The molecule has 0 radical (unpaired) electrons. The summed E-state index contributed by atoms with van der Waals surface area (Å²) in [5.74, 6) is 0.571. The third-order valence-electron chi connectivity index (χ3n) is 6.40. The van der Waals surface area contributed by atoms with Gasteiger partial charge in [-0.25, -0.2) is 4.72 Å². The summed E-state index contributed by atoms with van der Waals surface area (Å²) in [5, 5.41) is -0.232. The molecule has 0 spiro atoms. The number of sulfonamides is 1. The molecule has 4 rings (SSSR count). The van der Waals surface area contributed by atoms with Gasteiger partial charge in [0.2, 0.25) is 5.88 Å². The lowest BCUT2D eigenvalue weighted by Gasteiger charge is -2.34. The number of aromatic nitrogens is 1. The van der Waals surface area contributed by atoms with E-state index in [9.17, 15) is 13.2 Å². The van der Waals surface area contributed by atoms with Crippen LogP contribution in [0.1, 0.15) is 56.8 Å². The predicted molar refractivity (Wildman–Crippen MR) is 123 cm³/mol. The Morgan fingerprint density at radius 1 is 1.19 bits per heavy atom. The quantitative estimate of drug-likeness (QED) is 0.676. The maximum absolute atomic E-state index is 13.1.